The first kappa shape index (κ1) is 11.5. The van der Waals surface area contributed by atoms with Gasteiger partial charge in [0, 0.05) is 18.8 Å². The van der Waals surface area contributed by atoms with Crippen LogP contribution in [0.2, 0.25) is 0 Å². The van der Waals surface area contributed by atoms with Gasteiger partial charge in [-0.1, -0.05) is 0 Å². The van der Waals surface area contributed by atoms with Crippen molar-refractivity contribution in [2.75, 3.05) is 0 Å². The molecule has 3 nitrogen and oxygen atoms in total. The predicted octanol–water partition coefficient (Wildman–Crippen LogP) is 2.41. The van der Waals surface area contributed by atoms with Crippen LogP contribution in [0.5, 0.6) is 0 Å². The summed E-state index contributed by atoms with van der Waals surface area (Å²) in [6.07, 6.45) is 1.68. The first-order valence-corrected chi connectivity index (χ1v) is 5.30. The van der Waals surface area contributed by atoms with Crippen molar-refractivity contribution in [1.82, 2.24) is 9.78 Å². The third-order valence-corrected chi connectivity index (χ3v) is 2.69. The molecule has 88 valence electrons. The number of aryl methyl sites for hydroxylation is 3. The molecule has 1 heterocycles. The van der Waals surface area contributed by atoms with Crippen LogP contribution in [0.1, 0.15) is 27.2 Å². The van der Waals surface area contributed by atoms with E-state index in [1.807, 2.05) is 0 Å². The van der Waals surface area contributed by atoms with Gasteiger partial charge >= 0.3 is 0 Å². The number of carbonyl (C=O) groups is 1. The number of carbonyl (C=O) groups excluding carboxylic acids is 1. The van der Waals surface area contributed by atoms with E-state index in [1.54, 1.807) is 31.8 Å². The fraction of sp³-hybridized carbons (Fsp3) is 0.231. The smallest absolute Gasteiger partial charge is 0.196 e. The van der Waals surface area contributed by atoms with E-state index in [0.29, 0.717) is 22.4 Å². The van der Waals surface area contributed by atoms with Crippen LogP contribution in [-0.2, 0) is 7.05 Å². The number of hydrogen-bond acceptors (Lipinski definition) is 2. The van der Waals surface area contributed by atoms with Gasteiger partial charge in [-0.15, -0.1) is 0 Å². The van der Waals surface area contributed by atoms with Gasteiger partial charge in [0.2, 0.25) is 0 Å². The lowest BCUT2D eigenvalue weighted by molar-refractivity contribution is 0.103. The second kappa shape index (κ2) is 4.13. The molecule has 2 aromatic rings. The van der Waals surface area contributed by atoms with Crippen molar-refractivity contribution in [2.24, 2.45) is 7.05 Å². The minimum absolute atomic E-state index is 0.117. The molecule has 0 aliphatic carbocycles. The molecule has 0 radical (unpaired) electrons. The van der Waals surface area contributed by atoms with Crippen LogP contribution in [0.4, 0.5) is 4.39 Å². The third kappa shape index (κ3) is 2.11. The van der Waals surface area contributed by atoms with E-state index in [2.05, 4.69) is 5.10 Å². The second-order valence-electron chi connectivity index (χ2n) is 4.09. The average Bonchev–Trinajstić information content (AvgIpc) is 2.57. The van der Waals surface area contributed by atoms with Crippen LogP contribution in [0, 0.1) is 19.7 Å². The van der Waals surface area contributed by atoms with E-state index >= 15 is 0 Å². The van der Waals surface area contributed by atoms with Gasteiger partial charge in [0.1, 0.15) is 5.82 Å². The molecule has 0 saturated heterocycles. The monoisotopic (exact) mass is 232 g/mol. The summed E-state index contributed by atoms with van der Waals surface area (Å²) in [6.45, 7) is 3.51. The lowest BCUT2D eigenvalue weighted by Crippen LogP contribution is -2.04. The minimum atomic E-state index is -0.332. The van der Waals surface area contributed by atoms with Crippen molar-refractivity contribution in [1.29, 1.82) is 0 Å². The molecular weight excluding hydrogens is 219 g/mol. The number of rotatable bonds is 2. The Morgan fingerprint density at radius 2 is 2.00 bits per heavy atom. The highest BCUT2D eigenvalue weighted by Crippen LogP contribution is 2.17. The largest absolute Gasteiger partial charge is 0.288 e. The van der Waals surface area contributed by atoms with Gasteiger partial charge in [-0.2, -0.15) is 5.10 Å². The quantitative estimate of drug-likeness (QED) is 0.745. The Morgan fingerprint density at radius 1 is 1.29 bits per heavy atom. The van der Waals surface area contributed by atoms with Crippen molar-refractivity contribution in [3.63, 3.8) is 0 Å². The maximum atomic E-state index is 13.0. The molecule has 0 fully saturated rings. The molecule has 1 aromatic carbocycles. The Labute approximate surface area is 98.9 Å². The zero-order chi connectivity index (χ0) is 12.6. The Morgan fingerprint density at radius 3 is 2.53 bits per heavy atom. The van der Waals surface area contributed by atoms with Gasteiger partial charge in [-0.25, -0.2) is 4.39 Å². The van der Waals surface area contributed by atoms with Crippen LogP contribution in [0.3, 0.4) is 0 Å². The summed E-state index contributed by atoms with van der Waals surface area (Å²) in [5.41, 5.74) is 2.39. The second-order valence-corrected chi connectivity index (χ2v) is 4.09. The van der Waals surface area contributed by atoms with Gasteiger partial charge < -0.3 is 0 Å². The van der Waals surface area contributed by atoms with Gasteiger partial charge in [-0.3, -0.25) is 9.48 Å². The van der Waals surface area contributed by atoms with E-state index < -0.39 is 0 Å². The number of hydrogen-bond donors (Lipinski definition) is 0. The Hall–Kier alpha value is -1.97. The predicted molar refractivity (Wildman–Crippen MR) is 62.5 cm³/mol. The molecule has 0 N–H and O–H groups in total. The molecule has 0 amide bonds. The SMILES string of the molecule is Cc1cc(F)ccc1C(=O)c1cn(C)nc1C. The Kier molecular flexibility index (Phi) is 2.79. The normalized spacial score (nSPS) is 10.6. The fourth-order valence-electron chi connectivity index (χ4n) is 1.85. The van der Waals surface area contributed by atoms with Crippen LogP contribution in [-0.4, -0.2) is 15.6 Å². The topological polar surface area (TPSA) is 34.9 Å². The van der Waals surface area contributed by atoms with Gasteiger partial charge in [0.25, 0.3) is 0 Å². The summed E-state index contributed by atoms with van der Waals surface area (Å²) in [4.78, 5) is 12.2. The molecule has 0 aliphatic heterocycles. The molecule has 2 rings (SSSR count). The zero-order valence-corrected chi connectivity index (χ0v) is 9.99. The standard InChI is InChI=1S/C13H13FN2O/c1-8-6-10(14)4-5-11(8)13(17)12-7-16(3)15-9(12)2/h4-7H,1-3H3. The highest BCUT2D eigenvalue weighted by atomic mass is 19.1. The number of nitrogens with zero attached hydrogens (tertiary/aromatic N) is 2. The van der Waals surface area contributed by atoms with E-state index in [4.69, 9.17) is 0 Å². The van der Waals surface area contributed by atoms with Crippen molar-refractivity contribution >= 4 is 5.78 Å². The summed E-state index contributed by atoms with van der Waals surface area (Å²) >= 11 is 0. The highest BCUT2D eigenvalue weighted by Gasteiger charge is 2.16. The van der Waals surface area contributed by atoms with Crippen molar-refractivity contribution < 1.29 is 9.18 Å². The Balaban J connectivity index is 2.47. The van der Waals surface area contributed by atoms with Crippen molar-refractivity contribution in [2.45, 2.75) is 13.8 Å². The summed E-state index contributed by atoms with van der Waals surface area (Å²) in [5.74, 6) is -0.449. The molecule has 1 aromatic heterocycles. The Bertz CT molecular complexity index is 587. The molecule has 4 heteroatoms. The lowest BCUT2D eigenvalue weighted by Gasteiger charge is -2.03. The van der Waals surface area contributed by atoms with E-state index in [1.165, 1.54) is 18.2 Å². The first-order valence-electron chi connectivity index (χ1n) is 5.30. The molecule has 0 unspecified atom stereocenters. The van der Waals surface area contributed by atoms with Crippen LogP contribution >= 0.6 is 0 Å². The summed E-state index contributed by atoms with van der Waals surface area (Å²) in [7, 11) is 1.77. The highest BCUT2D eigenvalue weighted by molar-refractivity contribution is 6.10. The molecule has 0 atom stereocenters. The van der Waals surface area contributed by atoms with E-state index in [-0.39, 0.29) is 11.6 Å². The van der Waals surface area contributed by atoms with E-state index in [9.17, 15) is 9.18 Å². The maximum absolute atomic E-state index is 13.0. The summed E-state index contributed by atoms with van der Waals surface area (Å²) in [6, 6.07) is 4.17. The zero-order valence-electron chi connectivity index (χ0n) is 9.99. The molecule has 17 heavy (non-hydrogen) atoms. The molecule has 0 aliphatic rings. The van der Waals surface area contributed by atoms with Gasteiger partial charge in [0.15, 0.2) is 5.78 Å². The van der Waals surface area contributed by atoms with Crippen molar-refractivity contribution in [3.05, 3.63) is 52.6 Å². The maximum Gasteiger partial charge on any atom is 0.196 e. The number of halogens is 1. The molecule has 0 bridgehead atoms. The van der Waals surface area contributed by atoms with E-state index in [0.717, 1.165) is 0 Å². The minimum Gasteiger partial charge on any atom is -0.288 e. The van der Waals surface area contributed by atoms with Gasteiger partial charge in [-0.05, 0) is 37.6 Å². The molecular formula is C13H13FN2O. The number of aromatic nitrogens is 2. The average molecular weight is 232 g/mol. The molecule has 0 saturated carbocycles. The fourth-order valence-corrected chi connectivity index (χ4v) is 1.85. The first-order chi connectivity index (χ1) is 7.99. The van der Waals surface area contributed by atoms with Crippen molar-refractivity contribution in [3.8, 4) is 0 Å². The summed E-state index contributed by atoms with van der Waals surface area (Å²) in [5, 5.41) is 4.13. The van der Waals surface area contributed by atoms with Gasteiger partial charge in [0.05, 0.1) is 11.3 Å². The number of benzene rings is 1. The third-order valence-electron chi connectivity index (χ3n) is 2.69. The molecule has 0 spiro atoms. The summed E-state index contributed by atoms with van der Waals surface area (Å²) < 4.78 is 14.6. The number of ketones is 1. The van der Waals surface area contributed by atoms with Crippen LogP contribution < -0.4 is 0 Å². The lowest BCUT2D eigenvalue weighted by atomic mass is 10.00. The van der Waals surface area contributed by atoms with Crippen LogP contribution in [0.15, 0.2) is 24.4 Å². The van der Waals surface area contributed by atoms with Crippen LogP contribution in [0.25, 0.3) is 0 Å².